The monoisotopic (exact) mass is 301 g/mol. The molecule has 4 nitrogen and oxygen atoms in total. The number of carbonyl (C=O) groups is 2. The number of hydrogen-bond donors (Lipinski definition) is 1. The molecule has 0 aliphatic heterocycles. The van der Waals surface area contributed by atoms with E-state index in [9.17, 15) is 14.0 Å². The second kappa shape index (κ2) is 7.36. The van der Waals surface area contributed by atoms with Crippen LogP contribution < -0.4 is 10.1 Å². The summed E-state index contributed by atoms with van der Waals surface area (Å²) in [4.78, 5) is 23.5. The number of benzene rings is 2. The second-order valence-electron chi connectivity index (χ2n) is 4.60. The summed E-state index contributed by atoms with van der Waals surface area (Å²) in [5.41, 5.74) is 0.884. The highest BCUT2D eigenvalue weighted by Crippen LogP contribution is 2.15. The lowest BCUT2D eigenvalue weighted by molar-refractivity contribution is -0.122. The van der Waals surface area contributed by atoms with E-state index in [0.29, 0.717) is 23.4 Å². The van der Waals surface area contributed by atoms with Gasteiger partial charge in [-0.05, 0) is 55.5 Å². The van der Waals surface area contributed by atoms with Crippen molar-refractivity contribution in [3.63, 3.8) is 0 Å². The average Bonchev–Trinajstić information content (AvgIpc) is 2.54. The summed E-state index contributed by atoms with van der Waals surface area (Å²) in [6, 6.07) is 11.8. The molecule has 0 unspecified atom stereocenters. The minimum atomic E-state index is -0.384. The molecule has 114 valence electrons. The quantitative estimate of drug-likeness (QED) is 0.834. The van der Waals surface area contributed by atoms with Crippen LogP contribution in [0.4, 0.5) is 4.39 Å². The number of carbonyl (C=O) groups excluding carboxylic acids is 2. The van der Waals surface area contributed by atoms with E-state index >= 15 is 0 Å². The van der Waals surface area contributed by atoms with Crippen LogP contribution in [0.25, 0.3) is 0 Å². The maximum Gasteiger partial charge on any atom is 0.257 e. The van der Waals surface area contributed by atoms with E-state index in [1.165, 1.54) is 24.3 Å². The summed E-state index contributed by atoms with van der Waals surface area (Å²) in [7, 11) is 0. The van der Waals surface area contributed by atoms with Crippen LogP contribution in [0, 0.1) is 5.82 Å². The third-order valence-corrected chi connectivity index (χ3v) is 2.97. The lowest BCUT2D eigenvalue weighted by Crippen LogP contribution is -2.28. The van der Waals surface area contributed by atoms with Gasteiger partial charge >= 0.3 is 0 Å². The highest BCUT2D eigenvalue weighted by molar-refractivity contribution is 6.09. The SMILES string of the molecule is CCNC(=O)COc1ccc(C(=O)c2ccc(F)cc2)cc1. The molecule has 0 spiro atoms. The molecule has 0 saturated carbocycles. The predicted molar refractivity (Wildman–Crippen MR) is 80.5 cm³/mol. The Morgan fingerprint density at radius 3 is 2.09 bits per heavy atom. The summed E-state index contributed by atoms with van der Waals surface area (Å²) < 4.78 is 18.2. The molecule has 0 bridgehead atoms. The van der Waals surface area contributed by atoms with Crippen LogP contribution >= 0.6 is 0 Å². The fraction of sp³-hybridized carbons (Fsp3) is 0.176. The standard InChI is InChI=1S/C17H16FNO3/c1-2-19-16(20)11-22-15-9-5-13(6-10-15)17(21)12-3-7-14(18)8-4-12/h3-10H,2,11H2,1H3,(H,19,20). The van der Waals surface area contributed by atoms with E-state index in [1.807, 2.05) is 6.92 Å². The molecule has 2 aromatic rings. The number of likely N-dealkylation sites (N-methyl/N-ethyl adjacent to an activating group) is 1. The Morgan fingerprint density at radius 1 is 1.00 bits per heavy atom. The average molecular weight is 301 g/mol. The van der Waals surface area contributed by atoms with Gasteiger partial charge in [0, 0.05) is 17.7 Å². The lowest BCUT2D eigenvalue weighted by Gasteiger charge is -2.07. The fourth-order valence-corrected chi connectivity index (χ4v) is 1.87. The number of rotatable bonds is 6. The van der Waals surface area contributed by atoms with Crippen molar-refractivity contribution in [3.05, 3.63) is 65.5 Å². The first-order valence-corrected chi connectivity index (χ1v) is 6.90. The third-order valence-electron chi connectivity index (χ3n) is 2.97. The number of halogens is 1. The molecule has 0 aliphatic rings. The number of ketones is 1. The molecule has 1 N–H and O–H groups in total. The van der Waals surface area contributed by atoms with Crippen molar-refractivity contribution < 1.29 is 18.7 Å². The maximum atomic E-state index is 12.8. The Bertz CT molecular complexity index is 651. The second-order valence-corrected chi connectivity index (χ2v) is 4.60. The number of hydrogen-bond acceptors (Lipinski definition) is 3. The van der Waals surface area contributed by atoms with Crippen molar-refractivity contribution in [2.24, 2.45) is 0 Å². The smallest absolute Gasteiger partial charge is 0.257 e. The Morgan fingerprint density at radius 2 is 1.55 bits per heavy atom. The Kier molecular flexibility index (Phi) is 5.25. The van der Waals surface area contributed by atoms with Crippen molar-refractivity contribution in [2.45, 2.75) is 6.92 Å². The first kappa shape index (κ1) is 15.7. The molecule has 22 heavy (non-hydrogen) atoms. The molecule has 0 aromatic heterocycles. The minimum Gasteiger partial charge on any atom is -0.484 e. The van der Waals surface area contributed by atoms with Gasteiger partial charge in [-0.2, -0.15) is 0 Å². The zero-order valence-corrected chi connectivity index (χ0v) is 12.1. The zero-order valence-electron chi connectivity index (χ0n) is 12.1. The van der Waals surface area contributed by atoms with Crippen LogP contribution in [0.5, 0.6) is 5.75 Å². The van der Waals surface area contributed by atoms with E-state index in [1.54, 1.807) is 24.3 Å². The molecule has 2 rings (SSSR count). The van der Waals surface area contributed by atoms with Gasteiger partial charge in [-0.1, -0.05) is 0 Å². The lowest BCUT2D eigenvalue weighted by atomic mass is 10.0. The van der Waals surface area contributed by atoms with E-state index in [-0.39, 0.29) is 24.1 Å². The summed E-state index contributed by atoms with van der Waals surface area (Å²) >= 11 is 0. The number of amides is 1. The molecule has 1 amide bonds. The largest absolute Gasteiger partial charge is 0.484 e. The minimum absolute atomic E-state index is 0.0703. The van der Waals surface area contributed by atoms with Crippen molar-refractivity contribution in [1.82, 2.24) is 5.32 Å². The summed E-state index contributed by atoms with van der Waals surface area (Å²) in [5, 5.41) is 2.62. The van der Waals surface area contributed by atoms with Gasteiger partial charge in [0.05, 0.1) is 0 Å². The first-order valence-electron chi connectivity index (χ1n) is 6.90. The van der Waals surface area contributed by atoms with Gasteiger partial charge in [-0.15, -0.1) is 0 Å². The van der Waals surface area contributed by atoms with E-state index in [2.05, 4.69) is 5.32 Å². The van der Waals surface area contributed by atoms with E-state index in [0.717, 1.165) is 0 Å². The Labute approximate surface area is 127 Å². The zero-order chi connectivity index (χ0) is 15.9. The third kappa shape index (κ3) is 4.15. The van der Waals surface area contributed by atoms with Crippen LogP contribution in [0.1, 0.15) is 22.8 Å². The topological polar surface area (TPSA) is 55.4 Å². The van der Waals surface area contributed by atoms with Gasteiger partial charge in [0.1, 0.15) is 11.6 Å². The first-order chi connectivity index (χ1) is 10.6. The fourth-order valence-electron chi connectivity index (χ4n) is 1.87. The van der Waals surface area contributed by atoms with Crippen LogP contribution in [-0.2, 0) is 4.79 Å². The van der Waals surface area contributed by atoms with Gasteiger partial charge in [-0.3, -0.25) is 9.59 Å². The van der Waals surface area contributed by atoms with Crippen LogP contribution in [-0.4, -0.2) is 24.8 Å². The molecule has 0 atom stereocenters. The number of ether oxygens (including phenoxy) is 1. The molecule has 0 heterocycles. The van der Waals surface area contributed by atoms with Crippen molar-refractivity contribution in [3.8, 4) is 5.75 Å². The predicted octanol–water partition coefficient (Wildman–Crippen LogP) is 2.57. The molecular formula is C17H16FNO3. The van der Waals surface area contributed by atoms with Crippen LogP contribution in [0.3, 0.4) is 0 Å². The Hall–Kier alpha value is -2.69. The maximum absolute atomic E-state index is 12.8. The van der Waals surface area contributed by atoms with Gasteiger partial charge in [0.2, 0.25) is 0 Å². The van der Waals surface area contributed by atoms with Gasteiger partial charge in [0.25, 0.3) is 5.91 Å². The van der Waals surface area contributed by atoms with Crippen LogP contribution in [0.2, 0.25) is 0 Å². The molecule has 2 aromatic carbocycles. The van der Waals surface area contributed by atoms with Crippen molar-refractivity contribution in [2.75, 3.05) is 13.2 Å². The number of nitrogens with one attached hydrogen (secondary N) is 1. The summed E-state index contributed by atoms with van der Waals surface area (Å²) in [6.45, 7) is 2.31. The summed E-state index contributed by atoms with van der Waals surface area (Å²) in [5.74, 6) is -0.281. The molecule has 0 saturated heterocycles. The summed E-state index contributed by atoms with van der Waals surface area (Å²) in [6.07, 6.45) is 0. The van der Waals surface area contributed by atoms with Crippen LogP contribution in [0.15, 0.2) is 48.5 Å². The van der Waals surface area contributed by atoms with Gasteiger partial charge in [-0.25, -0.2) is 4.39 Å². The van der Waals surface area contributed by atoms with E-state index < -0.39 is 0 Å². The molecule has 0 radical (unpaired) electrons. The van der Waals surface area contributed by atoms with E-state index in [4.69, 9.17) is 4.74 Å². The van der Waals surface area contributed by atoms with Crippen molar-refractivity contribution in [1.29, 1.82) is 0 Å². The molecule has 0 aliphatic carbocycles. The molecular weight excluding hydrogens is 285 g/mol. The van der Waals surface area contributed by atoms with Crippen molar-refractivity contribution >= 4 is 11.7 Å². The van der Waals surface area contributed by atoms with Gasteiger partial charge < -0.3 is 10.1 Å². The molecule has 5 heteroatoms. The highest BCUT2D eigenvalue weighted by atomic mass is 19.1. The normalized spacial score (nSPS) is 10.1. The Balaban J connectivity index is 2.00. The molecule has 0 fully saturated rings. The highest BCUT2D eigenvalue weighted by Gasteiger charge is 2.09. The van der Waals surface area contributed by atoms with Gasteiger partial charge in [0.15, 0.2) is 12.4 Å².